The first kappa shape index (κ1) is 29.1. The Morgan fingerprint density at radius 1 is 1.19 bits per heavy atom. The van der Waals surface area contributed by atoms with Crippen LogP contribution in [-0.4, -0.2) is 40.4 Å². The van der Waals surface area contributed by atoms with Crippen LogP contribution in [0.15, 0.2) is 67.5 Å². The Kier molecular flexibility index (Phi) is 16.6. The van der Waals surface area contributed by atoms with Gasteiger partial charge in [0, 0.05) is 29.4 Å². The number of carbonyl (C=O) groups excluding carboxylic acids is 1. The van der Waals surface area contributed by atoms with E-state index < -0.39 is 5.41 Å². The summed E-state index contributed by atoms with van der Waals surface area (Å²) in [4.78, 5) is 15.9. The van der Waals surface area contributed by atoms with Crippen LogP contribution in [0.25, 0.3) is 0 Å². The average molecular weight is 469 g/mol. The zero-order valence-electron chi connectivity index (χ0n) is 18.3. The van der Waals surface area contributed by atoms with Crippen molar-refractivity contribution < 1.29 is 15.0 Å². The molecule has 0 fully saturated rings. The first-order chi connectivity index (χ1) is 14.8. The van der Waals surface area contributed by atoms with Crippen molar-refractivity contribution in [2.75, 3.05) is 13.2 Å². The maximum Gasteiger partial charge on any atom is 0.226 e. The van der Waals surface area contributed by atoms with Crippen LogP contribution in [0.5, 0.6) is 0 Å². The van der Waals surface area contributed by atoms with Gasteiger partial charge in [0.05, 0.1) is 17.7 Å². The van der Waals surface area contributed by atoms with E-state index >= 15 is 0 Å². The lowest BCUT2D eigenvalue weighted by atomic mass is 9.81. The van der Waals surface area contributed by atoms with E-state index in [1.54, 1.807) is 30.6 Å². The van der Waals surface area contributed by atoms with Gasteiger partial charge < -0.3 is 15.5 Å². The lowest BCUT2D eigenvalue weighted by Gasteiger charge is -2.29. The molecule has 0 saturated heterocycles. The summed E-state index contributed by atoms with van der Waals surface area (Å²) in [6.45, 7) is 7.48. The molecule has 0 bridgehead atoms. The molecule has 2 atom stereocenters. The van der Waals surface area contributed by atoms with Gasteiger partial charge in [0.25, 0.3) is 0 Å². The van der Waals surface area contributed by atoms with Crippen molar-refractivity contribution in [3.63, 3.8) is 0 Å². The molecule has 3 N–H and O–H groups in total. The Bertz CT molecular complexity index is 676. The van der Waals surface area contributed by atoms with Gasteiger partial charge in [0.2, 0.25) is 5.91 Å². The molecule has 1 aromatic carbocycles. The summed E-state index contributed by atoms with van der Waals surface area (Å²) in [5, 5.41) is 22.2. The highest BCUT2D eigenvalue weighted by Gasteiger charge is 2.32. The third-order valence-electron chi connectivity index (χ3n) is 4.44. The number of nitrogens with zero attached hydrogens (tertiary/aromatic N) is 1. The second kappa shape index (κ2) is 17.7. The lowest BCUT2D eigenvalue weighted by molar-refractivity contribution is -0.131. The molecule has 0 radical (unpaired) electrons. The number of hydrogen-bond donors (Lipinski definition) is 3. The minimum Gasteiger partial charge on any atom is -0.396 e. The molecule has 0 aliphatic rings. The van der Waals surface area contributed by atoms with Crippen LogP contribution in [-0.2, 0) is 4.79 Å². The number of benzene rings is 1. The summed E-state index contributed by atoms with van der Waals surface area (Å²) < 4.78 is 0. The van der Waals surface area contributed by atoms with Gasteiger partial charge in [-0.15, -0.1) is 6.58 Å². The average Bonchev–Trinajstić information content (AvgIpc) is 2.78. The fourth-order valence-electron chi connectivity index (χ4n) is 2.49. The van der Waals surface area contributed by atoms with E-state index in [0.29, 0.717) is 30.7 Å². The van der Waals surface area contributed by atoms with Crippen LogP contribution in [0.1, 0.15) is 39.5 Å². The Hall–Kier alpha value is -1.92. The van der Waals surface area contributed by atoms with Gasteiger partial charge in [0.1, 0.15) is 0 Å². The standard InChI is InChI=1S/C13H25NO3.C6H5Cl.C5H4ClN/c1-4-7-13(3,8-6-9-15)12(17)14-11(5-2)10-16;7-6-4-2-1-3-5-6;6-5-2-1-3-7-4-5/h4,11,15-16H,1,5-10H2,2-3H3,(H,14,17);1-5H;1-4H/t11?,13-;;/m0../s1. The molecule has 2 aromatic rings. The number of amides is 1. The SMILES string of the molecule is C=CC[C@@](C)(CCCO)C(=O)NC(CC)CO.Clc1ccccc1.Clc1cccnc1. The molecule has 1 aromatic heterocycles. The molecule has 2 rings (SSSR count). The van der Waals surface area contributed by atoms with Crippen LogP contribution in [0.3, 0.4) is 0 Å². The number of carbonyl (C=O) groups is 1. The summed E-state index contributed by atoms with van der Waals surface area (Å²) >= 11 is 11.0. The zero-order valence-corrected chi connectivity index (χ0v) is 19.8. The molecule has 0 aliphatic carbocycles. The van der Waals surface area contributed by atoms with Gasteiger partial charge in [-0.1, -0.05) is 61.3 Å². The van der Waals surface area contributed by atoms with Crippen LogP contribution >= 0.6 is 23.2 Å². The normalized spacial score (nSPS) is 12.7. The van der Waals surface area contributed by atoms with Crippen LogP contribution < -0.4 is 5.32 Å². The van der Waals surface area contributed by atoms with Crippen molar-refractivity contribution in [3.05, 3.63) is 77.6 Å². The zero-order chi connectivity index (χ0) is 23.5. The minimum absolute atomic E-state index is 0.0492. The predicted molar refractivity (Wildman–Crippen MR) is 129 cm³/mol. The van der Waals surface area contributed by atoms with E-state index in [4.69, 9.17) is 33.4 Å². The second-order valence-corrected chi connectivity index (χ2v) is 7.98. The minimum atomic E-state index is -0.549. The third kappa shape index (κ3) is 13.9. The molecule has 1 unspecified atom stereocenters. The molecule has 0 aliphatic heterocycles. The first-order valence-electron chi connectivity index (χ1n) is 10.2. The summed E-state index contributed by atoms with van der Waals surface area (Å²) in [5.41, 5.74) is -0.549. The van der Waals surface area contributed by atoms with Crippen LogP contribution in [0, 0.1) is 5.41 Å². The summed E-state index contributed by atoms with van der Waals surface area (Å²) in [6.07, 6.45) is 7.48. The molecule has 0 saturated carbocycles. The van der Waals surface area contributed by atoms with Gasteiger partial charge in [0.15, 0.2) is 0 Å². The Labute approximate surface area is 196 Å². The molecule has 1 amide bonds. The largest absolute Gasteiger partial charge is 0.396 e. The Morgan fingerprint density at radius 2 is 1.84 bits per heavy atom. The van der Waals surface area contributed by atoms with E-state index in [1.807, 2.05) is 44.2 Å². The number of pyridine rings is 1. The van der Waals surface area contributed by atoms with E-state index in [0.717, 1.165) is 5.02 Å². The van der Waals surface area contributed by atoms with Crippen molar-refractivity contribution in [2.45, 2.75) is 45.6 Å². The van der Waals surface area contributed by atoms with E-state index in [-0.39, 0.29) is 25.2 Å². The lowest BCUT2D eigenvalue weighted by Crippen LogP contribution is -2.45. The van der Waals surface area contributed by atoms with E-state index in [2.05, 4.69) is 16.9 Å². The predicted octanol–water partition coefficient (Wildman–Crippen LogP) is 5.30. The maximum absolute atomic E-state index is 12.1. The summed E-state index contributed by atoms with van der Waals surface area (Å²) in [6, 6.07) is 12.8. The number of aliphatic hydroxyl groups is 2. The monoisotopic (exact) mass is 468 g/mol. The number of rotatable bonds is 9. The van der Waals surface area contributed by atoms with Crippen LogP contribution in [0.2, 0.25) is 10.0 Å². The Balaban J connectivity index is 0.000000518. The van der Waals surface area contributed by atoms with Crippen molar-refractivity contribution in [1.29, 1.82) is 0 Å². The van der Waals surface area contributed by atoms with Gasteiger partial charge in [-0.05, 0) is 49.9 Å². The number of hydrogen-bond acceptors (Lipinski definition) is 4. The molecule has 172 valence electrons. The van der Waals surface area contributed by atoms with Crippen molar-refractivity contribution in [3.8, 4) is 0 Å². The smallest absolute Gasteiger partial charge is 0.226 e. The van der Waals surface area contributed by atoms with Crippen molar-refractivity contribution >= 4 is 29.1 Å². The highest BCUT2D eigenvalue weighted by atomic mass is 35.5. The van der Waals surface area contributed by atoms with Gasteiger partial charge in [-0.2, -0.15) is 0 Å². The maximum atomic E-state index is 12.1. The molecule has 0 spiro atoms. The number of halogens is 2. The van der Waals surface area contributed by atoms with E-state index in [1.165, 1.54) is 0 Å². The molecule has 5 nitrogen and oxygen atoms in total. The van der Waals surface area contributed by atoms with Gasteiger partial charge in [-0.3, -0.25) is 9.78 Å². The fraction of sp³-hybridized carbons (Fsp3) is 0.417. The molecule has 7 heteroatoms. The summed E-state index contributed by atoms with van der Waals surface area (Å²) in [5.74, 6) is -0.0771. The number of allylic oxidation sites excluding steroid dienone is 1. The molecule has 31 heavy (non-hydrogen) atoms. The van der Waals surface area contributed by atoms with E-state index in [9.17, 15) is 4.79 Å². The molecular weight excluding hydrogens is 435 g/mol. The van der Waals surface area contributed by atoms with Gasteiger partial charge >= 0.3 is 0 Å². The number of aliphatic hydroxyl groups excluding tert-OH is 2. The quantitative estimate of drug-likeness (QED) is 0.435. The third-order valence-corrected chi connectivity index (χ3v) is 4.91. The topological polar surface area (TPSA) is 82.5 Å². The number of nitrogens with one attached hydrogen (secondary N) is 1. The molecular formula is C24H34Cl2N2O3. The Morgan fingerprint density at radius 3 is 2.19 bits per heavy atom. The number of aromatic nitrogens is 1. The van der Waals surface area contributed by atoms with Crippen LogP contribution in [0.4, 0.5) is 0 Å². The second-order valence-electron chi connectivity index (χ2n) is 7.11. The fourth-order valence-corrected chi connectivity index (χ4v) is 2.76. The van der Waals surface area contributed by atoms with Gasteiger partial charge in [-0.25, -0.2) is 0 Å². The first-order valence-corrected chi connectivity index (χ1v) is 11.0. The highest BCUT2D eigenvalue weighted by molar-refractivity contribution is 6.30. The molecule has 1 heterocycles. The summed E-state index contributed by atoms with van der Waals surface area (Å²) in [7, 11) is 0. The highest BCUT2D eigenvalue weighted by Crippen LogP contribution is 2.28. The van der Waals surface area contributed by atoms with Crippen molar-refractivity contribution in [1.82, 2.24) is 10.3 Å². The van der Waals surface area contributed by atoms with Crippen molar-refractivity contribution in [2.24, 2.45) is 5.41 Å².